The number of methoxy groups -OCH3 is 1. The molecule has 1 heterocycles. The van der Waals surface area contributed by atoms with Crippen molar-refractivity contribution >= 4 is 23.1 Å². The molecule has 0 N–H and O–H groups in total. The number of ketones is 1. The summed E-state index contributed by atoms with van der Waals surface area (Å²) in [6.45, 7) is 0. The second-order valence-electron chi connectivity index (χ2n) is 3.72. The number of carbonyl (C=O) groups is 2. The lowest BCUT2D eigenvalue weighted by atomic mass is 10.0. The molecule has 2 rings (SSSR count). The van der Waals surface area contributed by atoms with Gasteiger partial charge >= 0.3 is 5.97 Å². The fourth-order valence-corrected chi connectivity index (χ4v) is 2.38. The monoisotopic (exact) mass is 260 g/mol. The van der Waals surface area contributed by atoms with Gasteiger partial charge in [-0.25, -0.2) is 4.79 Å². The van der Waals surface area contributed by atoms with Crippen molar-refractivity contribution in [2.24, 2.45) is 0 Å². The third kappa shape index (κ3) is 2.65. The number of carbonyl (C=O) groups excluding carboxylic acids is 2. The van der Waals surface area contributed by atoms with Gasteiger partial charge in [-0.15, -0.1) is 11.3 Å². The number of thiophene rings is 1. The van der Waals surface area contributed by atoms with Crippen molar-refractivity contribution in [3.05, 3.63) is 57.8 Å². The molecule has 1 aromatic heterocycles. The van der Waals surface area contributed by atoms with Gasteiger partial charge in [0.05, 0.1) is 12.7 Å². The molecular formula is C14H12O3S. The normalized spacial score (nSPS) is 10.1. The molecule has 92 valence electrons. The van der Waals surface area contributed by atoms with Crippen LogP contribution in [-0.2, 0) is 11.2 Å². The number of hydrogen-bond donors (Lipinski definition) is 0. The minimum Gasteiger partial charge on any atom is -0.465 e. The van der Waals surface area contributed by atoms with Gasteiger partial charge in [0.1, 0.15) is 0 Å². The van der Waals surface area contributed by atoms with Crippen molar-refractivity contribution in [3.8, 4) is 0 Å². The Hall–Kier alpha value is -1.94. The molecule has 0 bridgehead atoms. The molecule has 0 aliphatic heterocycles. The summed E-state index contributed by atoms with van der Waals surface area (Å²) in [5.41, 5.74) is 0.735. The van der Waals surface area contributed by atoms with E-state index in [9.17, 15) is 9.59 Å². The fourth-order valence-electron chi connectivity index (χ4n) is 1.68. The standard InChI is InChI=1S/C14H12O3S/c1-17-14(16)12-7-3-2-6-11(12)13(15)9-10-5-4-8-18-10/h2-8H,9H2,1H3. The molecular weight excluding hydrogens is 248 g/mol. The molecule has 0 fully saturated rings. The smallest absolute Gasteiger partial charge is 0.338 e. The zero-order valence-corrected chi connectivity index (χ0v) is 10.7. The SMILES string of the molecule is COC(=O)c1ccccc1C(=O)Cc1cccs1. The van der Waals surface area contributed by atoms with E-state index < -0.39 is 5.97 Å². The summed E-state index contributed by atoms with van der Waals surface area (Å²) in [6, 6.07) is 10.5. The van der Waals surface area contributed by atoms with Crippen LogP contribution in [-0.4, -0.2) is 18.9 Å². The zero-order chi connectivity index (χ0) is 13.0. The van der Waals surface area contributed by atoms with Crippen LogP contribution in [0.15, 0.2) is 41.8 Å². The highest BCUT2D eigenvalue weighted by Gasteiger charge is 2.17. The lowest BCUT2D eigenvalue weighted by Crippen LogP contribution is -2.11. The average molecular weight is 260 g/mol. The fraction of sp³-hybridized carbons (Fsp3) is 0.143. The van der Waals surface area contributed by atoms with Gasteiger partial charge in [-0.1, -0.05) is 24.3 Å². The van der Waals surface area contributed by atoms with Crippen molar-refractivity contribution in [2.75, 3.05) is 7.11 Å². The predicted molar refractivity (Wildman–Crippen MR) is 70.1 cm³/mol. The first-order valence-corrected chi connectivity index (χ1v) is 6.33. The summed E-state index contributed by atoms with van der Waals surface area (Å²) in [5, 5.41) is 1.93. The van der Waals surface area contributed by atoms with Crippen LogP contribution in [0.2, 0.25) is 0 Å². The molecule has 0 atom stereocenters. The minimum atomic E-state index is -0.481. The maximum atomic E-state index is 12.2. The van der Waals surface area contributed by atoms with E-state index in [4.69, 9.17) is 0 Å². The van der Waals surface area contributed by atoms with E-state index in [2.05, 4.69) is 4.74 Å². The molecule has 0 saturated heterocycles. The van der Waals surface area contributed by atoms with Crippen LogP contribution in [0.25, 0.3) is 0 Å². The number of Topliss-reactive ketones (excluding diaryl/α,β-unsaturated/α-hetero) is 1. The van der Waals surface area contributed by atoms with E-state index >= 15 is 0 Å². The van der Waals surface area contributed by atoms with Crippen molar-refractivity contribution in [1.29, 1.82) is 0 Å². The highest BCUT2D eigenvalue weighted by Crippen LogP contribution is 2.16. The Morgan fingerprint density at radius 1 is 1.11 bits per heavy atom. The molecule has 0 radical (unpaired) electrons. The maximum absolute atomic E-state index is 12.2. The third-order valence-corrected chi connectivity index (χ3v) is 3.42. The van der Waals surface area contributed by atoms with Crippen LogP contribution in [0.4, 0.5) is 0 Å². The van der Waals surface area contributed by atoms with Gasteiger partial charge in [0, 0.05) is 16.9 Å². The van der Waals surface area contributed by atoms with Gasteiger partial charge in [-0.3, -0.25) is 4.79 Å². The summed E-state index contributed by atoms with van der Waals surface area (Å²) in [4.78, 5) is 24.7. The van der Waals surface area contributed by atoms with E-state index in [1.807, 2.05) is 17.5 Å². The Morgan fingerprint density at radius 3 is 2.44 bits per heavy atom. The number of ether oxygens (including phenoxy) is 1. The van der Waals surface area contributed by atoms with Crippen molar-refractivity contribution in [2.45, 2.75) is 6.42 Å². The van der Waals surface area contributed by atoms with E-state index in [0.29, 0.717) is 17.5 Å². The third-order valence-electron chi connectivity index (χ3n) is 2.55. The highest BCUT2D eigenvalue weighted by atomic mass is 32.1. The van der Waals surface area contributed by atoms with E-state index in [1.165, 1.54) is 18.4 Å². The van der Waals surface area contributed by atoms with Gasteiger partial charge in [-0.05, 0) is 17.5 Å². The Kier molecular flexibility index (Phi) is 3.89. The van der Waals surface area contributed by atoms with E-state index in [-0.39, 0.29) is 5.78 Å². The molecule has 0 unspecified atom stereocenters. The second kappa shape index (κ2) is 5.60. The topological polar surface area (TPSA) is 43.4 Å². The zero-order valence-electron chi connectivity index (χ0n) is 9.88. The molecule has 0 saturated carbocycles. The summed E-state index contributed by atoms with van der Waals surface area (Å²) < 4.78 is 4.67. The lowest BCUT2D eigenvalue weighted by Gasteiger charge is -2.05. The van der Waals surface area contributed by atoms with Gasteiger partial charge in [-0.2, -0.15) is 0 Å². The Bertz CT molecular complexity index is 558. The van der Waals surface area contributed by atoms with Crippen LogP contribution >= 0.6 is 11.3 Å². The molecule has 1 aromatic carbocycles. The average Bonchev–Trinajstić information content (AvgIpc) is 2.90. The van der Waals surface area contributed by atoms with Gasteiger partial charge in [0.15, 0.2) is 5.78 Å². The molecule has 0 aliphatic rings. The lowest BCUT2D eigenvalue weighted by molar-refractivity contribution is 0.0597. The summed E-state index contributed by atoms with van der Waals surface area (Å²) in [5.74, 6) is -0.552. The summed E-state index contributed by atoms with van der Waals surface area (Å²) in [6.07, 6.45) is 0.311. The number of benzene rings is 1. The van der Waals surface area contributed by atoms with Crippen molar-refractivity contribution in [3.63, 3.8) is 0 Å². The first kappa shape index (κ1) is 12.5. The first-order valence-electron chi connectivity index (χ1n) is 5.45. The Balaban J connectivity index is 2.27. The molecule has 3 nitrogen and oxygen atoms in total. The minimum absolute atomic E-state index is 0.0709. The number of esters is 1. The first-order chi connectivity index (χ1) is 8.72. The van der Waals surface area contributed by atoms with Crippen LogP contribution in [0, 0.1) is 0 Å². The van der Waals surface area contributed by atoms with Crippen LogP contribution in [0.5, 0.6) is 0 Å². The number of rotatable bonds is 4. The van der Waals surface area contributed by atoms with Crippen molar-refractivity contribution in [1.82, 2.24) is 0 Å². The molecule has 0 spiro atoms. The van der Waals surface area contributed by atoms with E-state index in [1.54, 1.807) is 24.3 Å². The van der Waals surface area contributed by atoms with Gasteiger partial charge < -0.3 is 4.74 Å². The van der Waals surface area contributed by atoms with Gasteiger partial charge in [0.2, 0.25) is 0 Å². The molecule has 0 aliphatic carbocycles. The number of hydrogen-bond acceptors (Lipinski definition) is 4. The van der Waals surface area contributed by atoms with Crippen molar-refractivity contribution < 1.29 is 14.3 Å². The summed E-state index contributed by atoms with van der Waals surface area (Å²) >= 11 is 1.53. The van der Waals surface area contributed by atoms with Crippen LogP contribution < -0.4 is 0 Å². The largest absolute Gasteiger partial charge is 0.465 e. The quantitative estimate of drug-likeness (QED) is 0.627. The molecule has 2 aromatic rings. The summed E-state index contributed by atoms with van der Waals surface area (Å²) in [7, 11) is 1.31. The Labute approximate surface area is 109 Å². The van der Waals surface area contributed by atoms with Gasteiger partial charge in [0.25, 0.3) is 0 Å². The predicted octanol–water partition coefficient (Wildman–Crippen LogP) is 2.96. The maximum Gasteiger partial charge on any atom is 0.338 e. The van der Waals surface area contributed by atoms with E-state index in [0.717, 1.165) is 4.88 Å². The molecule has 0 amide bonds. The highest BCUT2D eigenvalue weighted by molar-refractivity contribution is 7.10. The van der Waals surface area contributed by atoms with Crippen LogP contribution in [0.1, 0.15) is 25.6 Å². The second-order valence-corrected chi connectivity index (χ2v) is 4.75. The molecule has 18 heavy (non-hydrogen) atoms. The molecule has 4 heteroatoms. The Morgan fingerprint density at radius 2 is 1.83 bits per heavy atom. The van der Waals surface area contributed by atoms with Crippen LogP contribution in [0.3, 0.4) is 0 Å².